The van der Waals surface area contributed by atoms with Crippen molar-refractivity contribution in [1.29, 1.82) is 0 Å². The van der Waals surface area contributed by atoms with Crippen molar-refractivity contribution in [3.8, 4) is 0 Å². The van der Waals surface area contributed by atoms with Gasteiger partial charge >= 0.3 is 0 Å². The molecule has 0 aromatic heterocycles. The van der Waals surface area contributed by atoms with Crippen LogP contribution in [0.4, 0.5) is 0 Å². The Hall–Kier alpha value is 0.0700. The number of hydrogen-bond donors (Lipinski definition) is 2. The summed E-state index contributed by atoms with van der Waals surface area (Å²) in [5.41, 5.74) is 0. The molecule has 86 valence electrons. The van der Waals surface area contributed by atoms with Crippen LogP contribution in [0.25, 0.3) is 0 Å². The Bertz CT molecular complexity index is 171. The van der Waals surface area contributed by atoms with Gasteiger partial charge in [0.2, 0.25) is 0 Å². The second-order valence-electron chi connectivity index (χ2n) is 4.39. The maximum Gasteiger partial charge on any atom is 0.0446 e. The fourth-order valence-electron chi connectivity index (χ4n) is 1.12. The van der Waals surface area contributed by atoms with Crippen LogP contribution in [0.1, 0.15) is 34.1 Å². The lowest BCUT2D eigenvalue weighted by Gasteiger charge is -2.23. The van der Waals surface area contributed by atoms with Gasteiger partial charge in [-0.25, -0.2) is 0 Å². The van der Waals surface area contributed by atoms with Crippen LogP contribution in [0.15, 0.2) is 0 Å². The van der Waals surface area contributed by atoms with E-state index in [1.54, 1.807) is 0 Å². The standard InChI is InChI=1S/C10H23NO2S/c1-5-11-9(6-7-12)8-14(13)10(2,3)4/h9,11-12H,5-8H2,1-4H3. The van der Waals surface area contributed by atoms with Crippen LogP contribution < -0.4 is 5.32 Å². The van der Waals surface area contributed by atoms with Gasteiger partial charge in [-0.1, -0.05) is 6.92 Å². The molecule has 2 atom stereocenters. The number of aliphatic hydroxyl groups is 1. The number of hydrogen-bond acceptors (Lipinski definition) is 3. The van der Waals surface area contributed by atoms with E-state index in [1.807, 2.05) is 27.7 Å². The minimum Gasteiger partial charge on any atom is -0.396 e. The lowest BCUT2D eigenvalue weighted by Crippen LogP contribution is -2.38. The topological polar surface area (TPSA) is 49.3 Å². The van der Waals surface area contributed by atoms with E-state index in [4.69, 9.17) is 5.11 Å². The van der Waals surface area contributed by atoms with Crippen LogP contribution in [0.2, 0.25) is 0 Å². The molecule has 0 rings (SSSR count). The first kappa shape index (κ1) is 14.1. The average molecular weight is 221 g/mol. The Kier molecular flexibility index (Phi) is 6.57. The fraction of sp³-hybridized carbons (Fsp3) is 1.00. The third-order valence-corrected chi connectivity index (χ3v) is 4.08. The van der Waals surface area contributed by atoms with E-state index in [1.165, 1.54) is 0 Å². The zero-order valence-corrected chi connectivity index (χ0v) is 10.5. The van der Waals surface area contributed by atoms with Gasteiger partial charge in [0.25, 0.3) is 0 Å². The van der Waals surface area contributed by atoms with Gasteiger partial charge in [-0.15, -0.1) is 0 Å². The molecule has 0 aliphatic rings. The smallest absolute Gasteiger partial charge is 0.0446 e. The zero-order chi connectivity index (χ0) is 11.2. The quantitative estimate of drug-likeness (QED) is 0.700. The van der Waals surface area contributed by atoms with Crippen molar-refractivity contribution in [1.82, 2.24) is 5.32 Å². The lowest BCUT2D eigenvalue weighted by molar-refractivity contribution is 0.270. The van der Waals surface area contributed by atoms with Crippen molar-refractivity contribution in [2.24, 2.45) is 0 Å². The predicted molar refractivity (Wildman–Crippen MR) is 61.9 cm³/mol. The minimum atomic E-state index is -0.844. The first-order valence-electron chi connectivity index (χ1n) is 5.14. The molecule has 0 fully saturated rings. The Morgan fingerprint density at radius 1 is 1.43 bits per heavy atom. The van der Waals surface area contributed by atoms with Gasteiger partial charge < -0.3 is 10.4 Å². The monoisotopic (exact) mass is 221 g/mol. The summed E-state index contributed by atoms with van der Waals surface area (Å²) < 4.78 is 11.7. The van der Waals surface area contributed by atoms with Crippen molar-refractivity contribution < 1.29 is 9.32 Å². The molecule has 2 N–H and O–H groups in total. The molecule has 0 aliphatic heterocycles. The van der Waals surface area contributed by atoms with E-state index in [0.29, 0.717) is 12.2 Å². The van der Waals surface area contributed by atoms with Gasteiger partial charge in [-0.2, -0.15) is 0 Å². The first-order chi connectivity index (χ1) is 6.41. The molecular weight excluding hydrogens is 198 g/mol. The highest BCUT2D eigenvalue weighted by Crippen LogP contribution is 2.12. The molecule has 3 nitrogen and oxygen atoms in total. The highest BCUT2D eigenvalue weighted by molar-refractivity contribution is 7.86. The van der Waals surface area contributed by atoms with Crippen molar-refractivity contribution in [3.63, 3.8) is 0 Å². The molecule has 14 heavy (non-hydrogen) atoms. The van der Waals surface area contributed by atoms with E-state index >= 15 is 0 Å². The fourth-order valence-corrected chi connectivity index (χ4v) is 2.27. The Balaban J connectivity index is 4.08. The maximum absolute atomic E-state index is 11.8. The van der Waals surface area contributed by atoms with Crippen LogP contribution >= 0.6 is 0 Å². The first-order valence-corrected chi connectivity index (χ1v) is 6.46. The van der Waals surface area contributed by atoms with Crippen molar-refractivity contribution in [2.45, 2.75) is 44.9 Å². The molecule has 0 aliphatic carbocycles. The Morgan fingerprint density at radius 3 is 2.36 bits per heavy atom. The third-order valence-electron chi connectivity index (χ3n) is 2.01. The lowest BCUT2D eigenvalue weighted by atomic mass is 10.2. The van der Waals surface area contributed by atoms with Gasteiger partial charge in [0.05, 0.1) is 0 Å². The summed E-state index contributed by atoms with van der Waals surface area (Å²) in [6.45, 7) is 8.95. The van der Waals surface area contributed by atoms with Crippen LogP contribution in [-0.2, 0) is 10.8 Å². The van der Waals surface area contributed by atoms with Gasteiger partial charge in [-0.05, 0) is 33.7 Å². The molecule has 4 heteroatoms. The van der Waals surface area contributed by atoms with Crippen molar-refractivity contribution >= 4 is 10.8 Å². The zero-order valence-electron chi connectivity index (χ0n) is 9.67. The van der Waals surface area contributed by atoms with Gasteiger partial charge in [0, 0.05) is 33.9 Å². The van der Waals surface area contributed by atoms with Crippen LogP contribution in [0.5, 0.6) is 0 Å². The second kappa shape index (κ2) is 6.53. The third kappa shape index (κ3) is 5.73. The van der Waals surface area contributed by atoms with Crippen molar-refractivity contribution in [3.05, 3.63) is 0 Å². The predicted octanol–water partition coefficient (Wildman–Crippen LogP) is 0.894. The molecule has 0 spiro atoms. The molecule has 0 radical (unpaired) electrons. The summed E-state index contributed by atoms with van der Waals surface area (Å²) in [5, 5.41) is 12.1. The SMILES string of the molecule is CCNC(CCO)CS(=O)C(C)(C)C. The maximum atomic E-state index is 11.8. The highest BCUT2D eigenvalue weighted by Gasteiger charge is 2.22. The van der Waals surface area contributed by atoms with Crippen LogP contribution in [0.3, 0.4) is 0 Å². The highest BCUT2D eigenvalue weighted by atomic mass is 32.2. The molecule has 0 saturated heterocycles. The molecular formula is C10H23NO2S. The van der Waals surface area contributed by atoms with Crippen LogP contribution in [-0.4, -0.2) is 39.0 Å². The van der Waals surface area contributed by atoms with E-state index in [9.17, 15) is 4.21 Å². The summed E-state index contributed by atoms with van der Waals surface area (Å²) in [6.07, 6.45) is 0.676. The summed E-state index contributed by atoms with van der Waals surface area (Å²) >= 11 is 0. The van der Waals surface area contributed by atoms with Crippen LogP contribution in [0, 0.1) is 0 Å². The van der Waals surface area contributed by atoms with E-state index in [0.717, 1.165) is 6.54 Å². The summed E-state index contributed by atoms with van der Waals surface area (Å²) in [5.74, 6) is 0.623. The van der Waals surface area contributed by atoms with E-state index < -0.39 is 10.8 Å². The molecule has 2 unspecified atom stereocenters. The summed E-state index contributed by atoms with van der Waals surface area (Å²) in [4.78, 5) is 0. The Labute approximate surface area is 89.7 Å². The van der Waals surface area contributed by atoms with Crippen molar-refractivity contribution in [2.75, 3.05) is 18.9 Å². The summed E-state index contributed by atoms with van der Waals surface area (Å²) in [6, 6.07) is 0.171. The molecule has 0 amide bonds. The van der Waals surface area contributed by atoms with Gasteiger partial charge in [0.1, 0.15) is 0 Å². The minimum absolute atomic E-state index is 0.152. The molecule has 0 bridgehead atoms. The average Bonchev–Trinajstić information content (AvgIpc) is 2.03. The molecule has 0 saturated carbocycles. The normalized spacial score (nSPS) is 16.6. The van der Waals surface area contributed by atoms with Gasteiger partial charge in [-0.3, -0.25) is 4.21 Å². The second-order valence-corrected chi connectivity index (χ2v) is 6.64. The largest absolute Gasteiger partial charge is 0.396 e. The molecule has 0 aromatic carbocycles. The summed E-state index contributed by atoms with van der Waals surface area (Å²) in [7, 11) is -0.844. The van der Waals surface area contributed by atoms with E-state index in [2.05, 4.69) is 5.32 Å². The number of rotatable bonds is 6. The van der Waals surface area contributed by atoms with E-state index in [-0.39, 0.29) is 17.4 Å². The number of aliphatic hydroxyl groups excluding tert-OH is 1. The Morgan fingerprint density at radius 2 is 2.00 bits per heavy atom. The molecule has 0 aromatic rings. The number of nitrogens with one attached hydrogen (secondary N) is 1. The molecule has 0 heterocycles. The van der Waals surface area contributed by atoms with Gasteiger partial charge in [0.15, 0.2) is 0 Å².